The van der Waals surface area contributed by atoms with E-state index in [9.17, 15) is 0 Å². The van der Waals surface area contributed by atoms with Crippen molar-refractivity contribution in [2.24, 2.45) is 0 Å². The molecule has 0 unspecified atom stereocenters. The zero-order valence-corrected chi connectivity index (χ0v) is 13.7. The van der Waals surface area contributed by atoms with E-state index in [4.69, 9.17) is 0 Å². The maximum absolute atomic E-state index is 3.88. The molecule has 0 bridgehead atoms. The molecule has 1 aromatic carbocycles. The largest absolute Gasteiger partial charge is 0.0988 e. The highest BCUT2D eigenvalue weighted by Gasteiger charge is 2.09. The van der Waals surface area contributed by atoms with E-state index in [-0.39, 0.29) is 0 Å². The Morgan fingerprint density at radius 3 is 2.10 bits per heavy atom. The molecular weight excluding hydrogens is 240 g/mol. The standard InChI is InChI=1S/C17H20.C3H8/c1-6-13(4)17(14(5)7-2)16-12-10-9-11-15(16)8-3;1-3-2/h6-12H,1,3H2,2,4-5H3;3H2,1-2H3/b14-7-,17-13+;. The molecule has 0 aliphatic heterocycles. The van der Waals surface area contributed by atoms with Gasteiger partial charge in [-0.1, -0.05) is 75.9 Å². The fourth-order valence-corrected chi connectivity index (χ4v) is 1.88. The zero-order chi connectivity index (χ0) is 15.5. The van der Waals surface area contributed by atoms with E-state index in [0.717, 1.165) is 5.56 Å². The van der Waals surface area contributed by atoms with Crippen molar-refractivity contribution < 1.29 is 0 Å². The van der Waals surface area contributed by atoms with Gasteiger partial charge in [0.15, 0.2) is 0 Å². The molecule has 0 aromatic heterocycles. The van der Waals surface area contributed by atoms with E-state index in [2.05, 4.69) is 72.1 Å². The van der Waals surface area contributed by atoms with Crippen molar-refractivity contribution >= 4 is 11.6 Å². The Bertz CT molecular complexity index is 499. The van der Waals surface area contributed by atoms with Crippen LogP contribution in [-0.4, -0.2) is 0 Å². The Labute approximate surface area is 125 Å². The van der Waals surface area contributed by atoms with Gasteiger partial charge in [0.1, 0.15) is 0 Å². The van der Waals surface area contributed by atoms with Crippen molar-refractivity contribution in [1.82, 2.24) is 0 Å². The molecule has 0 amide bonds. The molecular formula is C20H28. The molecule has 0 N–H and O–H groups in total. The highest BCUT2D eigenvalue weighted by atomic mass is 14.1. The zero-order valence-electron chi connectivity index (χ0n) is 13.7. The average Bonchev–Trinajstić information content (AvgIpc) is 2.48. The molecule has 0 spiro atoms. The van der Waals surface area contributed by atoms with Crippen LogP contribution in [0.2, 0.25) is 0 Å². The first-order valence-corrected chi connectivity index (χ1v) is 7.25. The summed E-state index contributed by atoms with van der Waals surface area (Å²) in [6, 6.07) is 8.31. The predicted molar refractivity (Wildman–Crippen MR) is 94.7 cm³/mol. The third kappa shape index (κ3) is 5.05. The molecule has 0 aliphatic carbocycles. The summed E-state index contributed by atoms with van der Waals surface area (Å²) in [4.78, 5) is 0. The number of hydrogen-bond donors (Lipinski definition) is 0. The van der Waals surface area contributed by atoms with Crippen LogP contribution in [-0.2, 0) is 0 Å². The first kappa shape index (κ1) is 18.2. The van der Waals surface area contributed by atoms with Gasteiger partial charge < -0.3 is 0 Å². The molecule has 1 rings (SSSR count). The molecule has 0 aliphatic rings. The van der Waals surface area contributed by atoms with Gasteiger partial charge >= 0.3 is 0 Å². The van der Waals surface area contributed by atoms with E-state index in [1.54, 1.807) is 0 Å². The normalized spacial score (nSPS) is 11.9. The second-order valence-corrected chi connectivity index (χ2v) is 4.73. The Hall–Kier alpha value is -1.82. The van der Waals surface area contributed by atoms with Crippen molar-refractivity contribution in [3.63, 3.8) is 0 Å². The number of allylic oxidation sites excluding steroid dienone is 5. The lowest BCUT2D eigenvalue weighted by atomic mass is 9.90. The third-order valence-electron chi connectivity index (χ3n) is 2.98. The van der Waals surface area contributed by atoms with Gasteiger partial charge in [0.25, 0.3) is 0 Å². The minimum absolute atomic E-state index is 1.16. The van der Waals surface area contributed by atoms with E-state index in [1.165, 1.54) is 28.7 Å². The topological polar surface area (TPSA) is 0 Å². The third-order valence-corrected chi connectivity index (χ3v) is 2.98. The summed E-state index contributed by atoms with van der Waals surface area (Å²) in [6.45, 7) is 18.3. The number of hydrogen-bond acceptors (Lipinski definition) is 0. The molecule has 0 saturated heterocycles. The van der Waals surface area contributed by atoms with Crippen molar-refractivity contribution in [2.75, 3.05) is 0 Å². The summed E-state index contributed by atoms with van der Waals surface area (Å²) in [5.41, 5.74) is 6.07. The molecule has 0 heteroatoms. The SMILES string of the molecule is C=C/C(C)=C(\C(C)=C/C)c1ccccc1C=C.CCC. The van der Waals surface area contributed by atoms with Gasteiger partial charge in [-0.25, -0.2) is 0 Å². The van der Waals surface area contributed by atoms with Crippen molar-refractivity contribution in [3.05, 3.63) is 71.8 Å². The Morgan fingerprint density at radius 2 is 1.65 bits per heavy atom. The van der Waals surface area contributed by atoms with Crippen molar-refractivity contribution in [2.45, 2.75) is 41.0 Å². The van der Waals surface area contributed by atoms with Crippen LogP contribution in [0.3, 0.4) is 0 Å². The molecule has 1 aromatic rings. The Balaban J connectivity index is 0.00000110. The van der Waals surface area contributed by atoms with Crippen LogP contribution in [0.5, 0.6) is 0 Å². The van der Waals surface area contributed by atoms with Crippen LogP contribution < -0.4 is 0 Å². The van der Waals surface area contributed by atoms with Gasteiger partial charge in [-0.05, 0) is 48.6 Å². The maximum atomic E-state index is 3.88. The Kier molecular flexibility index (Phi) is 9.11. The number of benzene rings is 1. The maximum Gasteiger partial charge on any atom is -0.0106 e. The van der Waals surface area contributed by atoms with Gasteiger partial charge in [0, 0.05) is 0 Å². The van der Waals surface area contributed by atoms with E-state index >= 15 is 0 Å². The number of rotatable bonds is 4. The lowest BCUT2D eigenvalue weighted by molar-refractivity contribution is 1.09. The van der Waals surface area contributed by atoms with E-state index < -0.39 is 0 Å². The van der Waals surface area contributed by atoms with E-state index in [1.807, 2.05) is 18.2 Å². The molecule has 0 radical (unpaired) electrons. The fourth-order valence-electron chi connectivity index (χ4n) is 1.88. The molecule has 0 fully saturated rings. The van der Waals surface area contributed by atoms with Crippen molar-refractivity contribution in [3.8, 4) is 0 Å². The van der Waals surface area contributed by atoms with Crippen LogP contribution >= 0.6 is 0 Å². The van der Waals surface area contributed by atoms with Gasteiger partial charge in [-0.3, -0.25) is 0 Å². The summed E-state index contributed by atoms with van der Waals surface area (Å²) >= 11 is 0. The quantitative estimate of drug-likeness (QED) is 0.535. The highest BCUT2D eigenvalue weighted by Crippen LogP contribution is 2.30. The van der Waals surface area contributed by atoms with Crippen LogP contribution in [0, 0.1) is 0 Å². The predicted octanol–water partition coefficient (Wildman–Crippen LogP) is 6.67. The lowest BCUT2D eigenvalue weighted by Crippen LogP contribution is -1.93. The van der Waals surface area contributed by atoms with Gasteiger partial charge in [-0.2, -0.15) is 0 Å². The van der Waals surface area contributed by atoms with Crippen LogP contribution in [0.4, 0.5) is 0 Å². The fraction of sp³-hybridized carbons (Fsp3) is 0.300. The highest BCUT2D eigenvalue weighted by molar-refractivity contribution is 5.86. The first-order valence-electron chi connectivity index (χ1n) is 7.25. The second-order valence-electron chi connectivity index (χ2n) is 4.73. The lowest BCUT2D eigenvalue weighted by Gasteiger charge is -2.14. The minimum atomic E-state index is 1.16. The summed E-state index contributed by atoms with van der Waals surface area (Å²) in [5.74, 6) is 0. The summed E-state index contributed by atoms with van der Waals surface area (Å²) in [5, 5.41) is 0. The first-order chi connectivity index (χ1) is 9.56. The molecule has 0 atom stereocenters. The smallest absolute Gasteiger partial charge is 0.0106 e. The van der Waals surface area contributed by atoms with Gasteiger partial charge in [0.05, 0.1) is 0 Å². The monoisotopic (exact) mass is 268 g/mol. The molecule has 20 heavy (non-hydrogen) atoms. The molecule has 0 saturated carbocycles. The summed E-state index contributed by atoms with van der Waals surface area (Å²) < 4.78 is 0. The minimum Gasteiger partial charge on any atom is -0.0988 e. The van der Waals surface area contributed by atoms with Crippen molar-refractivity contribution in [1.29, 1.82) is 0 Å². The van der Waals surface area contributed by atoms with E-state index in [0.29, 0.717) is 0 Å². The Morgan fingerprint density at radius 1 is 1.10 bits per heavy atom. The molecule has 0 nitrogen and oxygen atoms in total. The van der Waals surface area contributed by atoms with Crippen LogP contribution in [0.25, 0.3) is 11.6 Å². The van der Waals surface area contributed by atoms with Gasteiger partial charge in [0.2, 0.25) is 0 Å². The van der Waals surface area contributed by atoms with Crippen LogP contribution in [0.15, 0.2) is 60.7 Å². The van der Waals surface area contributed by atoms with Gasteiger partial charge in [-0.15, -0.1) is 0 Å². The molecule has 0 heterocycles. The second kappa shape index (κ2) is 10.0. The average molecular weight is 268 g/mol. The summed E-state index contributed by atoms with van der Waals surface area (Å²) in [7, 11) is 0. The van der Waals surface area contributed by atoms with Crippen LogP contribution in [0.1, 0.15) is 52.2 Å². The summed E-state index contributed by atoms with van der Waals surface area (Å²) in [6.07, 6.45) is 7.18. The molecule has 108 valence electrons.